The highest BCUT2D eigenvalue weighted by Gasteiger charge is 2.04. The molecule has 0 radical (unpaired) electrons. The van der Waals surface area contributed by atoms with Gasteiger partial charge in [0.25, 0.3) is 0 Å². The van der Waals surface area contributed by atoms with E-state index in [1.165, 1.54) is 6.42 Å². The summed E-state index contributed by atoms with van der Waals surface area (Å²) in [6.07, 6.45) is 1.19. The molecule has 1 N–H and O–H groups in total. The van der Waals surface area contributed by atoms with Gasteiger partial charge in [-0.25, -0.2) is 0 Å². The zero-order valence-corrected chi connectivity index (χ0v) is 13.4. The second kappa shape index (κ2) is 8.35. The molecule has 2 nitrogen and oxygen atoms in total. The van der Waals surface area contributed by atoms with Crippen LogP contribution in [-0.2, 0) is 6.54 Å². The quantitative estimate of drug-likeness (QED) is 0.745. The molecule has 2 rings (SSSR count). The molecule has 0 saturated heterocycles. The average molecular weight is 314 g/mol. The van der Waals surface area contributed by atoms with Crippen molar-refractivity contribution in [1.82, 2.24) is 5.32 Å². The van der Waals surface area contributed by atoms with Crippen molar-refractivity contribution >= 4 is 24.0 Å². The van der Waals surface area contributed by atoms with Gasteiger partial charge in [-0.1, -0.05) is 25.4 Å². The van der Waals surface area contributed by atoms with Crippen molar-refractivity contribution in [3.05, 3.63) is 47.2 Å². The maximum absolute atomic E-state index is 5.87. The van der Waals surface area contributed by atoms with Gasteiger partial charge in [-0.2, -0.15) is 0 Å². The van der Waals surface area contributed by atoms with E-state index in [2.05, 4.69) is 19.2 Å². The lowest BCUT2D eigenvalue weighted by molar-refractivity contribution is 0.474. The summed E-state index contributed by atoms with van der Waals surface area (Å²) < 4.78 is 5.81. The zero-order valence-electron chi connectivity index (χ0n) is 11.9. The number of nitrogens with one attached hydrogen (secondary N) is 1. The van der Waals surface area contributed by atoms with Crippen LogP contribution in [0.15, 0.2) is 40.8 Å². The van der Waals surface area contributed by atoms with Crippen LogP contribution in [0.2, 0.25) is 5.02 Å². The van der Waals surface area contributed by atoms with Crippen LogP contribution in [0.1, 0.15) is 26.0 Å². The van der Waals surface area contributed by atoms with Gasteiger partial charge in [-0.15, -0.1) is 12.4 Å². The zero-order chi connectivity index (χ0) is 13.7. The Morgan fingerprint density at radius 2 is 1.80 bits per heavy atom. The van der Waals surface area contributed by atoms with E-state index in [4.69, 9.17) is 16.0 Å². The maximum Gasteiger partial charge on any atom is 0.134 e. The second-order valence-corrected chi connectivity index (χ2v) is 5.57. The van der Waals surface area contributed by atoms with Gasteiger partial charge in [0.2, 0.25) is 0 Å². The first-order valence-corrected chi connectivity index (χ1v) is 7.08. The van der Waals surface area contributed by atoms with E-state index in [1.807, 2.05) is 36.4 Å². The van der Waals surface area contributed by atoms with Gasteiger partial charge >= 0.3 is 0 Å². The highest BCUT2D eigenvalue weighted by Crippen LogP contribution is 2.23. The van der Waals surface area contributed by atoms with E-state index < -0.39 is 0 Å². The molecule has 20 heavy (non-hydrogen) atoms. The molecule has 0 spiro atoms. The summed E-state index contributed by atoms with van der Waals surface area (Å²) in [5, 5.41) is 4.13. The minimum atomic E-state index is 0. The number of hydrogen-bond acceptors (Lipinski definition) is 2. The highest BCUT2D eigenvalue weighted by molar-refractivity contribution is 6.30. The first kappa shape index (κ1) is 17.1. The van der Waals surface area contributed by atoms with E-state index in [0.29, 0.717) is 0 Å². The topological polar surface area (TPSA) is 25.2 Å². The summed E-state index contributed by atoms with van der Waals surface area (Å²) in [6, 6.07) is 11.7. The molecule has 1 aromatic heterocycles. The molecule has 0 aliphatic heterocycles. The van der Waals surface area contributed by atoms with E-state index >= 15 is 0 Å². The molecule has 2 aromatic rings. The van der Waals surface area contributed by atoms with Crippen LogP contribution in [0, 0.1) is 5.92 Å². The van der Waals surface area contributed by atoms with Crippen molar-refractivity contribution in [3.63, 3.8) is 0 Å². The van der Waals surface area contributed by atoms with Gasteiger partial charge < -0.3 is 9.73 Å². The SMILES string of the molecule is CC(C)CCNCc1ccc(-c2ccc(Cl)cc2)o1.Cl. The van der Waals surface area contributed by atoms with Crippen molar-refractivity contribution < 1.29 is 4.42 Å². The van der Waals surface area contributed by atoms with Crippen LogP contribution in [0.4, 0.5) is 0 Å². The molecule has 0 aliphatic carbocycles. The van der Waals surface area contributed by atoms with E-state index in [1.54, 1.807) is 0 Å². The highest BCUT2D eigenvalue weighted by atomic mass is 35.5. The minimum absolute atomic E-state index is 0. The smallest absolute Gasteiger partial charge is 0.134 e. The first-order chi connectivity index (χ1) is 9.15. The largest absolute Gasteiger partial charge is 0.460 e. The third kappa shape index (κ3) is 5.20. The summed E-state index contributed by atoms with van der Waals surface area (Å²) in [6.45, 7) is 6.26. The third-order valence-corrected chi connectivity index (χ3v) is 3.24. The van der Waals surface area contributed by atoms with Gasteiger partial charge in [0, 0.05) is 10.6 Å². The molecule has 0 fully saturated rings. The Morgan fingerprint density at radius 3 is 2.45 bits per heavy atom. The van der Waals surface area contributed by atoms with Crippen LogP contribution in [0.25, 0.3) is 11.3 Å². The Balaban J connectivity index is 0.00000200. The molecule has 110 valence electrons. The summed E-state index contributed by atoms with van der Waals surface area (Å²) in [4.78, 5) is 0. The molecule has 1 heterocycles. The molecule has 0 bridgehead atoms. The fourth-order valence-electron chi connectivity index (χ4n) is 1.84. The predicted molar refractivity (Wildman–Crippen MR) is 87.6 cm³/mol. The monoisotopic (exact) mass is 313 g/mol. The summed E-state index contributed by atoms with van der Waals surface area (Å²) in [5.74, 6) is 2.58. The Labute approximate surface area is 131 Å². The average Bonchev–Trinajstić information content (AvgIpc) is 2.84. The van der Waals surface area contributed by atoms with Crippen molar-refractivity contribution in [2.45, 2.75) is 26.8 Å². The number of rotatable bonds is 6. The lowest BCUT2D eigenvalue weighted by atomic mass is 10.1. The molecule has 0 amide bonds. The molecule has 0 atom stereocenters. The second-order valence-electron chi connectivity index (χ2n) is 5.13. The van der Waals surface area contributed by atoms with Crippen molar-refractivity contribution in [2.24, 2.45) is 5.92 Å². The molecule has 0 saturated carbocycles. The van der Waals surface area contributed by atoms with E-state index in [0.717, 1.165) is 41.1 Å². The summed E-state index contributed by atoms with van der Waals surface area (Å²) in [7, 11) is 0. The molecule has 0 aliphatic rings. The standard InChI is InChI=1S/C16H20ClNO.ClH/c1-12(2)9-10-18-11-15-7-8-16(19-15)13-3-5-14(17)6-4-13;/h3-8,12,18H,9-11H2,1-2H3;1H. The predicted octanol–water partition coefficient (Wildman–Crippen LogP) is 5.16. The van der Waals surface area contributed by atoms with Gasteiger partial charge in [0.05, 0.1) is 6.54 Å². The molecular weight excluding hydrogens is 293 g/mol. The molecular formula is C16H21Cl2NO. The minimum Gasteiger partial charge on any atom is -0.460 e. The van der Waals surface area contributed by atoms with Gasteiger partial charge in [-0.05, 0) is 55.3 Å². The maximum atomic E-state index is 5.87. The third-order valence-electron chi connectivity index (χ3n) is 2.99. The van der Waals surface area contributed by atoms with Crippen LogP contribution in [0.5, 0.6) is 0 Å². The molecule has 0 unspecified atom stereocenters. The number of hydrogen-bond donors (Lipinski definition) is 1. The molecule has 4 heteroatoms. The van der Waals surface area contributed by atoms with Crippen molar-refractivity contribution in [1.29, 1.82) is 0 Å². The van der Waals surface area contributed by atoms with Gasteiger partial charge in [-0.3, -0.25) is 0 Å². The lowest BCUT2D eigenvalue weighted by Crippen LogP contribution is -2.15. The van der Waals surface area contributed by atoms with Gasteiger partial charge in [0.15, 0.2) is 0 Å². The Kier molecular flexibility index (Phi) is 7.14. The van der Waals surface area contributed by atoms with Crippen LogP contribution >= 0.6 is 24.0 Å². The van der Waals surface area contributed by atoms with E-state index in [9.17, 15) is 0 Å². The Morgan fingerprint density at radius 1 is 1.10 bits per heavy atom. The first-order valence-electron chi connectivity index (χ1n) is 6.70. The van der Waals surface area contributed by atoms with Crippen molar-refractivity contribution in [3.8, 4) is 11.3 Å². The number of benzene rings is 1. The van der Waals surface area contributed by atoms with Crippen LogP contribution in [0.3, 0.4) is 0 Å². The van der Waals surface area contributed by atoms with Crippen LogP contribution < -0.4 is 5.32 Å². The van der Waals surface area contributed by atoms with Gasteiger partial charge in [0.1, 0.15) is 11.5 Å². The normalized spacial score (nSPS) is 10.6. The Hall–Kier alpha value is -0.960. The number of halogens is 2. The summed E-state index contributed by atoms with van der Waals surface area (Å²) >= 11 is 5.87. The fourth-order valence-corrected chi connectivity index (χ4v) is 1.97. The fraction of sp³-hybridized carbons (Fsp3) is 0.375. The summed E-state index contributed by atoms with van der Waals surface area (Å²) in [5.41, 5.74) is 1.05. The van der Waals surface area contributed by atoms with Crippen molar-refractivity contribution in [2.75, 3.05) is 6.54 Å². The van der Waals surface area contributed by atoms with Crippen LogP contribution in [-0.4, -0.2) is 6.54 Å². The number of furan rings is 1. The van der Waals surface area contributed by atoms with E-state index in [-0.39, 0.29) is 12.4 Å². The lowest BCUT2D eigenvalue weighted by Gasteiger charge is -2.05. The molecule has 1 aromatic carbocycles. The Bertz CT molecular complexity index is 505.